The Balaban J connectivity index is 1.54. The highest BCUT2D eigenvalue weighted by molar-refractivity contribution is 6.31. The molecule has 156 valence electrons. The van der Waals surface area contributed by atoms with Crippen molar-refractivity contribution in [3.63, 3.8) is 0 Å². The smallest absolute Gasteiger partial charge is 0.322 e. The molecule has 2 aromatic carbocycles. The van der Waals surface area contributed by atoms with Crippen LogP contribution in [0.4, 0.5) is 10.5 Å². The SMILES string of the molecule is COc1cccc(-c2noc(C3CCCCN3C(=O)Nc3ccc(C)c(Cl)c3)n2)c1. The molecule has 1 aliphatic heterocycles. The molecule has 1 aromatic heterocycles. The van der Waals surface area contributed by atoms with Gasteiger partial charge < -0.3 is 19.5 Å². The average molecular weight is 427 g/mol. The third-order valence-electron chi connectivity index (χ3n) is 5.24. The number of carbonyl (C=O) groups excluding carboxylic acids is 1. The number of piperidine rings is 1. The van der Waals surface area contributed by atoms with Crippen LogP contribution in [0.5, 0.6) is 5.75 Å². The van der Waals surface area contributed by atoms with Crippen LogP contribution in [0.15, 0.2) is 47.0 Å². The van der Waals surface area contributed by atoms with Gasteiger partial charge >= 0.3 is 6.03 Å². The predicted octanol–water partition coefficient (Wildman–Crippen LogP) is 5.47. The minimum atomic E-state index is -0.272. The Hall–Kier alpha value is -3.06. The Bertz CT molecular complexity index is 1050. The maximum Gasteiger partial charge on any atom is 0.322 e. The number of amides is 2. The number of benzene rings is 2. The van der Waals surface area contributed by atoms with Crippen LogP contribution in [-0.4, -0.2) is 34.7 Å². The molecule has 1 atom stereocenters. The van der Waals surface area contributed by atoms with E-state index in [1.165, 1.54) is 0 Å². The van der Waals surface area contributed by atoms with Crippen LogP contribution in [0.25, 0.3) is 11.4 Å². The van der Waals surface area contributed by atoms with Gasteiger partial charge in [-0.05, 0) is 56.0 Å². The molecule has 1 aliphatic rings. The molecule has 2 heterocycles. The number of nitrogens with one attached hydrogen (secondary N) is 1. The van der Waals surface area contributed by atoms with Crippen molar-refractivity contribution in [2.75, 3.05) is 19.0 Å². The van der Waals surface area contributed by atoms with Gasteiger partial charge in [0.15, 0.2) is 0 Å². The summed E-state index contributed by atoms with van der Waals surface area (Å²) in [4.78, 5) is 19.3. The van der Waals surface area contributed by atoms with Crippen molar-refractivity contribution in [2.45, 2.75) is 32.2 Å². The summed E-state index contributed by atoms with van der Waals surface area (Å²) >= 11 is 6.18. The fraction of sp³-hybridized carbons (Fsp3) is 0.318. The fourth-order valence-electron chi connectivity index (χ4n) is 3.55. The van der Waals surface area contributed by atoms with E-state index in [9.17, 15) is 4.79 Å². The molecule has 1 unspecified atom stereocenters. The maximum absolute atomic E-state index is 13.0. The summed E-state index contributed by atoms with van der Waals surface area (Å²) < 4.78 is 10.8. The number of urea groups is 1. The number of methoxy groups -OCH3 is 1. The number of halogens is 1. The first-order chi connectivity index (χ1) is 14.5. The van der Waals surface area contributed by atoms with E-state index in [2.05, 4.69) is 15.5 Å². The van der Waals surface area contributed by atoms with Crippen LogP contribution in [0.3, 0.4) is 0 Å². The molecule has 7 nitrogen and oxygen atoms in total. The van der Waals surface area contributed by atoms with Gasteiger partial charge in [0.05, 0.1) is 7.11 Å². The second-order valence-corrected chi connectivity index (χ2v) is 7.69. The van der Waals surface area contributed by atoms with Gasteiger partial charge in [0.25, 0.3) is 0 Å². The third-order valence-corrected chi connectivity index (χ3v) is 5.65. The molecule has 3 aromatic rings. The molecule has 8 heteroatoms. The van der Waals surface area contributed by atoms with Gasteiger partial charge in [-0.25, -0.2) is 4.79 Å². The number of rotatable bonds is 4. The molecule has 0 aliphatic carbocycles. The van der Waals surface area contributed by atoms with E-state index in [1.54, 1.807) is 18.1 Å². The van der Waals surface area contributed by atoms with E-state index < -0.39 is 0 Å². The summed E-state index contributed by atoms with van der Waals surface area (Å²) in [7, 11) is 1.61. The Morgan fingerprint density at radius 1 is 1.27 bits per heavy atom. The number of likely N-dealkylation sites (tertiary alicyclic amines) is 1. The highest BCUT2D eigenvalue weighted by Gasteiger charge is 2.32. The maximum atomic E-state index is 13.0. The van der Waals surface area contributed by atoms with Gasteiger partial charge in [0.2, 0.25) is 11.7 Å². The monoisotopic (exact) mass is 426 g/mol. The van der Waals surface area contributed by atoms with Crippen LogP contribution in [0.1, 0.15) is 36.8 Å². The van der Waals surface area contributed by atoms with Gasteiger partial charge in [-0.1, -0.05) is 35.0 Å². The number of ether oxygens (including phenoxy) is 1. The van der Waals surface area contributed by atoms with E-state index in [-0.39, 0.29) is 12.1 Å². The molecule has 1 N–H and O–H groups in total. The van der Waals surface area contributed by atoms with Gasteiger partial charge in [0, 0.05) is 22.8 Å². The van der Waals surface area contributed by atoms with Crippen molar-refractivity contribution in [3.05, 3.63) is 58.9 Å². The summed E-state index contributed by atoms with van der Waals surface area (Å²) in [5.41, 5.74) is 2.41. The number of hydrogen-bond acceptors (Lipinski definition) is 5. The Morgan fingerprint density at radius 2 is 2.13 bits per heavy atom. The van der Waals surface area contributed by atoms with Crippen LogP contribution in [0.2, 0.25) is 5.02 Å². The quantitative estimate of drug-likeness (QED) is 0.598. The van der Waals surface area contributed by atoms with E-state index >= 15 is 0 Å². The molecule has 2 amide bonds. The van der Waals surface area contributed by atoms with Crippen molar-refractivity contribution in [1.29, 1.82) is 0 Å². The van der Waals surface area contributed by atoms with Gasteiger partial charge in [0.1, 0.15) is 11.8 Å². The molecule has 0 radical (unpaired) electrons. The largest absolute Gasteiger partial charge is 0.497 e. The highest BCUT2D eigenvalue weighted by atomic mass is 35.5. The lowest BCUT2D eigenvalue weighted by atomic mass is 10.0. The average Bonchev–Trinajstić information content (AvgIpc) is 3.26. The molecule has 30 heavy (non-hydrogen) atoms. The first-order valence-corrected chi connectivity index (χ1v) is 10.2. The third kappa shape index (κ3) is 4.26. The number of hydrogen-bond donors (Lipinski definition) is 1. The lowest BCUT2D eigenvalue weighted by molar-refractivity contribution is 0.142. The molecule has 1 fully saturated rings. The summed E-state index contributed by atoms with van der Waals surface area (Å²) in [6, 6.07) is 12.5. The summed E-state index contributed by atoms with van der Waals surface area (Å²) in [6.07, 6.45) is 2.68. The topological polar surface area (TPSA) is 80.5 Å². The first kappa shape index (κ1) is 20.2. The summed E-state index contributed by atoms with van der Waals surface area (Å²) in [6.45, 7) is 2.54. The molecular weight excluding hydrogens is 404 g/mol. The van der Waals surface area contributed by atoms with Crippen molar-refractivity contribution >= 4 is 23.3 Å². The van der Waals surface area contributed by atoms with Crippen LogP contribution >= 0.6 is 11.6 Å². The normalized spacial score (nSPS) is 16.4. The second kappa shape index (κ2) is 8.75. The Labute approximate surface area is 180 Å². The van der Waals surface area contributed by atoms with Crippen LogP contribution in [-0.2, 0) is 0 Å². The Morgan fingerprint density at radius 3 is 2.93 bits per heavy atom. The second-order valence-electron chi connectivity index (χ2n) is 7.29. The number of aryl methyl sites for hydroxylation is 1. The number of aromatic nitrogens is 2. The molecule has 0 bridgehead atoms. The zero-order valence-electron chi connectivity index (χ0n) is 16.9. The zero-order chi connectivity index (χ0) is 21.1. The van der Waals surface area contributed by atoms with E-state index in [0.717, 1.165) is 30.4 Å². The fourth-order valence-corrected chi connectivity index (χ4v) is 3.73. The standard InChI is InChI=1S/C22H23ClN4O3/c1-14-9-10-16(13-18(14)23)24-22(28)27-11-4-3-8-19(27)21-25-20(26-30-21)15-6-5-7-17(12-15)29-2/h5-7,9-10,12-13,19H,3-4,8,11H2,1-2H3,(H,24,28). The molecule has 4 rings (SSSR count). The summed E-state index contributed by atoms with van der Waals surface area (Å²) in [5, 5.41) is 7.66. The van der Waals surface area contributed by atoms with Crippen LogP contribution in [0, 0.1) is 6.92 Å². The number of nitrogens with zero attached hydrogens (tertiary/aromatic N) is 3. The lowest BCUT2D eigenvalue weighted by Gasteiger charge is -2.33. The van der Waals surface area contributed by atoms with Gasteiger partial charge in [-0.15, -0.1) is 0 Å². The Kier molecular flexibility index (Phi) is 5.90. The number of carbonyl (C=O) groups is 1. The lowest BCUT2D eigenvalue weighted by Crippen LogP contribution is -2.41. The minimum Gasteiger partial charge on any atom is -0.497 e. The van der Waals surface area contributed by atoms with Gasteiger partial charge in [-0.2, -0.15) is 4.98 Å². The van der Waals surface area contributed by atoms with Crippen molar-refractivity contribution in [1.82, 2.24) is 15.0 Å². The van der Waals surface area contributed by atoms with Crippen molar-refractivity contribution in [2.24, 2.45) is 0 Å². The van der Waals surface area contributed by atoms with Crippen molar-refractivity contribution < 1.29 is 14.1 Å². The van der Waals surface area contributed by atoms with Gasteiger partial charge in [-0.3, -0.25) is 0 Å². The number of anilines is 1. The highest BCUT2D eigenvalue weighted by Crippen LogP contribution is 2.32. The van der Waals surface area contributed by atoms with E-state index in [1.807, 2.05) is 43.3 Å². The predicted molar refractivity (Wildman–Crippen MR) is 115 cm³/mol. The molecule has 0 saturated carbocycles. The molecule has 0 spiro atoms. The molecule has 1 saturated heterocycles. The molecular formula is C22H23ClN4O3. The van der Waals surface area contributed by atoms with Crippen molar-refractivity contribution in [3.8, 4) is 17.1 Å². The zero-order valence-corrected chi connectivity index (χ0v) is 17.6. The van der Waals surface area contributed by atoms with Crippen LogP contribution < -0.4 is 10.1 Å². The summed E-state index contributed by atoms with van der Waals surface area (Å²) in [5.74, 6) is 1.62. The van der Waals surface area contributed by atoms with E-state index in [4.69, 9.17) is 20.9 Å². The minimum absolute atomic E-state index is 0.208. The first-order valence-electron chi connectivity index (χ1n) is 9.87. The van der Waals surface area contributed by atoms with E-state index in [0.29, 0.717) is 34.7 Å².